The molecule has 0 fully saturated rings. The van der Waals surface area contributed by atoms with Crippen LogP contribution in [0.1, 0.15) is 24.2 Å². The van der Waals surface area contributed by atoms with Crippen molar-refractivity contribution in [1.82, 2.24) is 0 Å². The number of hydrogen-bond donors (Lipinski definition) is 0. The summed E-state index contributed by atoms with van der Waals surface area (Å²) in [4.78, 5) is 22.5. The molecular weight excluding hydrogens is 308 g/mol. The van der Waals surface area contributed by atoms with Crippen LogP contribution < -0.4 is 0 Å². The van der Waals surface area contributed by atoms with Crippen LogP contribution >= 0.6 is 0 Å². The van der Waals surface area contributed by atoms with Crippen molar-refractivity contribution in [2.45, 2.75) is 13.8 Å². The van der Waals surface area contributed by atoms with Gasteiger partial charge in [-0.1, -0.05) is 30.3 Å². The molecule has 0 aliphatic carbocycles. The molecule has 1 aromatic rings. The Morgan fingerprint density at radius 2 is 1.64 bits per heavy atom. The number of hydrogen-bond acceptors (Lipinski definition) is 2. The summed E-state index contributed by atoms with van der Waals surface area (Å²) in [6.07, 6.45) is 0. The molecule has 1 unspecified atom stereocenters. The van der Waals surface area contributed by atoms with Gasteiger partial charge in [-0.25, -0.2) is 0 Å². The van der Waals surface area contributed by atoms with Crippen LogP contribution in [0.3, 0.4) is 0 Å². The molecule has 14 heavy (non-hydrogen) atoms. The predicted molar refractivity (Wildman–Crippen MR) is 50.6 cm³/mol. The molecule has 0 spiro atoms. The maximum absolute atomic E-state index is 11.6. The number of ketones is 2. The first-order chi connectivity index (χ1) is 6.13. The van der Waals surface area contributed by atoms with E-state index in [2.05, 4.69) is 0 Å². The van der Waals surface area contributed by atoms with Gasteiger partial charge in [0.2, 0.25) is 0 Å². The van der Waals surface area contributed by atoms with Crippen LogP contribution in [0, 0.1) is 46.8 Å². The van der Waals surface area contributed by atoms with E-state index in [-0.39, 0.29) is 52.4 Å². The van der Waals surface area contributed by atoms with Gasteiger partial charge in [-0.15, -0.1) is 0 Å². The Morgan fingerprint density at radius 3 is 2.07 bits per heavy atom. The van der Waals surface area contributed by atoms with E-state index >= 15 is 0 Å². The second kappa shape index (κ2) is 6.40. The number of carbonyl (C=O) groups excluding carboxylic acids is 2. The maximum Gasteiger partial charge on any atom is 0.173 e. The minimum absolute atomic E-state index is 0. The molecule has 72 valence electrons. The molecule has 3 heteroatoms. The van der Waals surface area contributed by atoms with E-state index in [1.54, 1.807) is 31.2 Å². The fourth-order valence-corrected chi connectivity index (χ4v) is 1.04. The minimum atomic E-state index is -0.526. The van der Waals surface area contributed by atoms with Crippen molar-refractivity contribution in [2.75, 3.05) is 0 Å². The van der Waals surface area contributed by atoms with Crippen molar-refractivity contribution < 1.29 is 50.4 Å². The Morgan fingerprint density at radius 1 is 1.14 bits per heavy atom. The Bertz CT molecular complexity index is 319. The Kier molecular flexibility index (Phi) is 6.36. The molecule has 1 atom stereocenters. The summed E-state index contributed by atoms with van der Waals surface area (Å²) < 4.78 is 0. The molecule has 1 rings (SSSR count). The van der Waals surface area contributed by atoms with Gasteiger partial charge in [0.15, 0.2) is 5.78 Å². The van der Waals surface area contributed by atoms with Crippen LogP contribution in [0.15, 0.2) is 30.3 Å². The first-order valence-electron chi connectivity index (χ1n) is 4.22. The molecule has 0 aliphatic heterocycles. The largest absolute Gasteiger partial charge is 0.299 e. The average molecular weight is 320 g/mol. The van der Waals surface area contributed by atoms with Crippen LogP contribution in [-0.4, -0.2) is 11.6 Å². The predicted octanol–water partition coefficient (Wildman–Crippen LogP) is 2.09. The van der Waals surface area contributed by atoms with Crippen LogP contribution in [0.4, 0.5) is 0 Å². The van der Waals surface area contributed by atoms with E-state index in [1.165, 1.54) is 6.92 Å². The molecule has 0 aliphatic rings. The second-order valence-electron chi connectivity index (χ2n) is 3.06. The van der Waals surface area contributed by atoms with Gasteiger partial charge in [0.1, 0.15) is 5.78 Å². The number of benzene rings is 1. The van der Waals surface area contributed by atoms with E-state index in [9.17, 15) is 9.59 Å². The molecular formula is C11H12NdO2. The summed E-state index contributed by atoms with van der Waals surface area (Å²) in [5.41, 5.74) is 0.602. The minimum Gasteiger partial charge on any atom is -0.299 e. The van der Waals surface area contributed by atoms with Crippen molar-refractivity contribution >= 4 is 11.6 Å². The normalized spacial score (nSPS) is 11.3. The number of rotatable bonds is 3. The Balaban J connectivity index is 0.00000169. The zero-order valence-electron chi connectivity index (χ0n) is 8.28. The van der Waals surface area contributed by atoms with Gasteiger partial charge in [-0.05, 0) is 13.8 Å². The summed E-state index contributed by atoms with van der Waals surface area (Å²) in [7, 11) is 0. The van der Waals surface area contributed by atoms with Crippen LogP contribution in [-0.2, 0) is 4.79 Å². The SMILES string of the molecule is CC(=O)C(C)C(=O)c1ccccc1.[Nd]. The molecule has 0 bridgehead atoms. The second-order valence-corrected chi connectivity index (χ2v) is 3.06. The van der Waals surface area contributed by atoms with E-state index in [0.29, 0.717) is 5.56 Å². The first kappa shape index (κ1) is 13.9. The smallest absolute Gasteiger partial charge is 0.173 e. The van der Waals surface area contributed by atoms with Gasteiger partial charge in [0.25, 0.3) is 0 Å². The van der Waals surface area contributed by atoms with Crippen molar-refractivity contribution in [3.05, 3.63) is 35.9 Å². The van der Waals surface area contributed by atoms with Gasteiger partial charge in [0, 0.05) is 46.4 Å². The van der Waals surface area contributed by atoms with Gasteiger partial charge in [-0.3, -0.25) is 9.59 Å². The summed E-state index contributed by atoms with van der Waals surface area (Å²) >= 11 is 0. The molecule has 2 nitrogen and oxygen atoms in total. The van der Waals surface area contributed by atoms with Gasteiger partial charge in [-0.2, -0.15) is 0 Å². The van der Waals surface area contributed by atoms with Crippen LogP contribution in [0.2, 0.25) is 0 Å². The third-order valence-corrected chi connectivity index (χ3v) is 2.06. The molecule has 0 heterocycles. The van der Waals surface area contributed by atoms with E-state index < -0.39 is 5.92 Å². The summed E-state index contributed by atoms with van der Waals surface area (Å²) in [6, 6.07) is 8.87. The van der Waals surface area contributed by atoms with Gasteiger partial charge >= 0.3 is 0 Å². The van der Waals surface area contributed by atoms with E-state index in [0.717, 1.165) is 0 Å². The quantitative estimate of drug-likeness (QED) is 0.631. The summed E-state index contributed by atoms with van der Waals surface area (Å²) in [6.45, 7) is 3.07. The van der Waals surface area contributed by atoms with Crippen molar-refractivity contribution in [1.29, 1.82) is 0 Å². The third-order valence-electron chi connectivity index (χ3n) is 2.06. The Hall–Kier alpha value is -0.0894. The summed E-state index contributed by atoms with van der Waals surface area (Å²) in [5, 5.41) is 0. The molecule has 0 aromatic heterocycles. The van der Waals surface area contributed by atoms with Crippen molar-refractivity contribution in [3.63, 3.8) is 0 Å². The van der Waals surface area contributed by atoms with Crippen molar-refractivity contribution in [2.24, 2.45) is 5.92 Å². The van der Waals surface area contributed by atoms with Crippen LogP contribution in [0.25, 0.3) is 0 Å². The average Bonchev–Trinajstić information content (AvgIpc) is 2.17. The standard InChI is InChI=1S/C11H12O2.Nd/c1-8(9(2)12)11(13)10-6-4-3-5-7-10;/h3-8H,1-2H3;. The van der Waals surface area contributed by atoms with E-state index in [1.807, 2.05) is 6.07 Å². The fourth-order valence-electron chi connectivity index (χ4n) is 1.04. The third kappa shape index (κ3) is 3.58. The first-order valence-corrected chi connectivity index (χ1v) is 4.22. The van der Waals surface area contributed by atoms with Gasteiger partial charge in [0.05, 0.1) is 5.92 Å². The van der Waals surface area contributed by atoms with Crippen LogP contribution in [0.5, 0.6) is 0 Å². The topological polar surface area (TPSA) is 34.1 Å². The maximum atomic E-state index is 11.6. The van der Waals surface area contributed by atoms with Gasteiger partial charge < -0.3 is 0 Å². The molecule has 0 radical (unpaired) electrons. The monoisotopic (exact) mass is 318 g/mol. The van der Waals surface area contributed by atoms with E-state index in [4.69, 9.17) is 0 Å². The number of carbonyl (C=O) groups is 2. The molecule has 0 saturated carbocycles. The zero-order valence-corrected chi connectivity index (χ0v) is 11.5. The molecule has 0 amide bonds. The molecule has 1 aromatic carbocycles. The fraction of sp³-hybridized carbons (Fsp3) is 0.273. The molecule has 0 N–H and O–H groups in total. The number of Topliss-reactive ketones (excluding diaryl/α,β-unsaturated/α-hetero) is 2. The zero-order chi connectivity index (χ0) is 9.84. The Labute approximate surface area is 117 Å². The summed E-state index contributed by atoms with van der Waals surface area (Å²) in [5.74, 6) is -0.718. The van der Waals surface area contributed by atoms with Crippen molar-refractivity contribution in [3.8, 4) is 0 Å². The molecule has 0 saturated heterocycles.